The Bertz CT molecular complexity index is 450. The van der Waals surface area contributed by atoms with E-state index in [4.69, 9.17) is 11.6 Å². The second-order valence-corrected chi connectivity index (χ2v) is 5.76. The molecule has 1 radical (unpaired) electrons. The zero-order chi connectivity index (χ0) is 15.8. The van der Waals surface area contributed by atoms with Crippen LogP contribution in [0.5, 0.6) is 0 Å². The molecule has 0 N–H and O–H groups in total. The van der Waals surface area contributed by atoms with E-state index in [2.05, 4.69) is 0 Å². The second kappa shape index (κ2) is 8.15. The van der Waals surface area contributed by atoms with Gasteiger partial charge in [0.1, 0.15) is 0 Å². The van der Waals surface area contributed by atoms with Crippen molar-refractivity contribution < 1.29 is 45.6 Å². The van der Waals surface area contributed by atoms with Crippen molar-refractivity contribution in [2.75, 3.05) is 0 Å². The average Bonchev–Trinajstić information content (AvgIpc) is 2.29. The van der Waals surface area contributed by atoms with E-state index in [0.29, 0.717) is 0 Å². The van der Waals surface area contributed by atoms with Gasteiger partial charge >= 0.3 is 33.0 Å². The van der Waals surface area contributed by atoms with E-state index in [1.165, 1.54) is 0 Å². The Hall–Kier alpha value is -0.598. The van der Waals surface area contributed by atoms with Crippen LogP contribution in [0, 0.1) is 0 Å². The molecule has 0 aliphatic heterocycles. The van der Waals surface area contributed by atoms with Crippen molar-refractivity contribution in [3.8, 4) is 0 Å². The van der Waals surface area contributed by atoms with Crippen LogP contribution in [0.4, 0.5) is 25.2 Å². The van der Waals surface area contributed by atoms with Crippen LogP contribution in [0.3, 0.4) is 0 Å². The van der Waals surface area contributed by atoms with Crippen molar-refractivity contribution >= 4 is 19.4 Å². The standard InChI is InChI=1S/C6H5Cl.C6H6.F6P.Re/c7-6-4-2-1-3-5-6;1-2-4-6-5-3-1;1-7(2,3,4,5)6;/h1-5H;1-6H;;/q;;-1;. The summed E-state index contributed by atoms with van der Waals surface area (Å²) in [7, 11) is -10.7. The van der Waals surface area contributed by atoms with E-state index in [-0.39, 0.29) is 20.4 Å². The third-order valence-electron chi connectivity index (χ3n) is 1.40. The number of rotatable bonds is 0. The summed E-state index contributed by atoms with van der Waals surface area (Å²) in [4.78, 5) is 0. The first-order valence-electron chi connectivity index (χ1n) is 5.11. The molecule has 9 heteroatoms. The molecule has 0 amide bonds. The summed E-state index contributed by atoms with van der Waals surface area (Å²) in [5.41, 5.74) is 0. The quantitative estimate of drug-likeness (QED) is 0.250. The molecule has 0 nitrogen and oxygen atoms in total. The molecule has 0 aliphatic carbocycles. The van der Waals surface area contributed by atoms with Gasteiger partial charge in [-0.3, -0.25) is 0 Å². The Morgan fingerprint density at radius 3 is 0.905 bits per heavy atom. The van der Waals surface area contributed by atoms with Crippen molar-refractivity contribution in [2.24, 2.45) is 0 Å². The molecule has 0 saturated carbocycles. The van der Waals surface area contributed by atoms with Gasteiger partial charge < -0.3 is 0 Å². The minimum absolute atomic E-state index is 0. The van der Waals surface area contributed by atoms with Crippen LogP contribution in [-0.2, 0) is 20.4 Å². The number of halogens is 7. The minimum Gasteiger partial charge on any atom is -0.0623 e. The molecule has 0 fully saturated rings. The fourth-order valence-corrected chi connectivity index (χ4v) is 0.945. The predicted octanol–water partition coefficient (Wildman–Crippen LogP) is 7.41. The zero-order valence-corrected chi connectivity index (χ0v) is 14.7. The van der Waals surface area contributed by atoms with Gasteiger partial charge in [-0.05, 0) is 12.1 Å². The van der Waals surface area contributed by atoms with Gasteiger partial charge in [-0.1, -0.05) is 66.2 Å². The maximum absolute atomic E-state index is 10.7. The molecular weight excluding hydrogens is 511 g/mol. The fourth-order valence-electron chi connectivity index (χ4n) is 0.800. The summed E-state index contributed by atoms with van der Waals surface area (Å²) in [5.74, 6) is 0. The predicted molar refractivity (Wildman–Crippen MR) is 71.5 cm³/mol. The largest absolute Gasteiger partial charge is 0.0623 e. The number of hydrogen-bond donors (Lipinski definition) is 0. The second-order valence-electron chi connectivity index (χ2n) is 3.41. The Morgan fingerprint density at radius 2 is 0.762 bits per heavy atom. The number of hydrogen-bond acceptors (Lipinski definition) is 0. The van der Waals surface area contributed by atoms with Gasteiger partial charge in [0, 0.05) is 25.4 Å². The van der Waals surface area contributed by atoms with Crippen LogP contribution in [0.1, 0.15) is 0 Å². The minimum atomic E-state index is -10.7. The molecule has 0 heterocycles. The molecule has 0 atom stereocenters. The normalized spacial score (nSPS) is 12.9. The molecule has 0 aliphatic rings. The molecule has 2 aromatic rings. The maximum Gasteiger partial charge on any atom is 0 e. The summed E-state index contributed by atoms with van der Waals surface area (Å²) >= 11 is 5.54. The van der Waals surface area contributed by atoms with E-state index in [0.717, 1.165) is 5.02 Å². The van der Waals surface area contributed by atoms with Gasteiger partial charge in [-0.25, -0.2) is 0 Å². The van der Waals surface area contributed by atoms with Crippen molar-refractivity contribution in [2.45, 2.75) is 0 Å². The van der Waals surface area contributed by atoms with Crippen molar-refractivity contribution in [1.29, 1.82) is 0 Å². The third kappa shape index (κ3) is 32.7. The van der Waals surface area contributed by atoms with E-state index in [1.54, 1.807) is 0 Å². The Labute approximate surface area is 137 Å². The molecule has 0 spiro atoms. The summed E-state index contributed by atoms with van der Waals surface area (Å²) in [5, 5.41) is 0.794. The van der Waals surface area contributed by atoms with Crippen LogP contribution in [0.2, 0.25) is 5.02 Å². The van der Waals surface area contributed by atoms with E-state index >= 15 is 0 Å². The van der Waals surface area contributed by atoms with Crippen LogP contribution in [0.15, 0.2) is 66.7 Å². The van der Waals surface area contributed by atoms with E-state index in [1.807, 2.05) is 66.7 Å². The molecule has 0 bridgehead atoms. The molecular formula is C12H11ClF6PRe-. The van der Waals surface area contributed by atoms with Crippen LogP contribution < -0.4 is 0 Å². The third-order valence-corrected chi connectivity index (χ3v) is 1.65. The van der Waals surface area contributed by atoms with E-state index in [9.17, 15) is 25.2 Å². The molecule has 0 saturated heterocycles. The van der Waals surface area contributed by atoms with E-state index < -0.39 is 7.81 Å². The molecule has 21 heavy (non-hydrogen) atoms. The van der Waals surface area contributed by atoms with Crippen molar-refractivity contribution in [1.82, 2.24) is 0 Å². The summed E-state index contributed by atoms with van der Waals surface area (Å²) < 4.78 is 59.2. The zero-order valence-electron chi connectivity index (χ0n) is 10.3. The molecule has 2 aromatic carbocycles. The molecule has 0 unspecified atom stereocenters. The van der Waals surface area contributed by atoms with Gasteiger partial charge in [-0.15, -0.1) is 0 Å². The summed E-state index contributed by atoms with van der Waals surface area (Å²) in [6.07, 6.45) is 0. The molecule has 2 rings (SSSR count). The van der Waals surface area contributed by atoms with Crippen molar-refractivity contribution in [3.63, 3.8) is 0 Å². The SMILES string of the molecule is Clc1ccccc1.F[P-](F)(F)(F)(F)F.[Re].c1ccccc1. The first kappa shape index (κ1) is 22.7. The summed E-state index contributed by atoms with van der Waals surface area (Å²) in [6.45, 7) is 0. The summed E-state index contributed by atoms with van der Waals surface area (Å²) in [6, 6.07) is 21.4. The molecule has 0 aromatic heterocycles. The van der Waals surface area contributed by atoms with Gasteiger partial charge in [0.05, 0.1) is 0 Å². The maximum atomic E-state index is 9.87. The first-order valence-corrected chi connectivity index (χ1v) is 7.52. The monoisotopic (exact) mass is 522 g/mol. The van der Waals surface area contributed by atoms with Crippen LogP contribution in [-0.4, -0.2) is 0 Å². The topological polar surface area (TPSA) is 0 Å². The average molecular weight is 522 g/mol. The fraction of sp³-hybridized carbons (Fsp3) is 0. The van der Waals surface area contributed by atoms with Crippen molar-refractivity contribution in [3.05, 3.63) is 71.8 Å². The number of benzene rings is 2. The van der Waals surface area contributed by atoms with Gasteiger partial charge in [0.25, 0.3) is 0 Å². The van der Waals surface area contributed by atoms with Gasteiger partial charge in [-0.2, -0.15) is 0 Å². The van der Waals surface area contributed by atoms with Gasteiger partial charge in [0.15, 0.2) is 0 Å². The molecule has 121 valence electrons. The smallest absolute Gasteiger partial charge is 0 e. The Kier molecular flexibility index (Phi) is 8.80. The first-order chi connectivity index (χ1) is 8.84. The van der Waals surface area contributed by atoms with Crippen LogP contribution in [0.25, 0.3) is 0 Å². The Balaban J connectivity index is 0. The van der Waals surface area contributed by atoms with Gasteiger partial charge in [0.2, 0.25) is 0 Å². The Morgan fingerprint density at radius 1 is 0.571 bits per heavy atom. The van der Waals surface area contributed by atoms with Crippen LogP contribution >= 0.6 is 19.4 Å².